The lowest BCUT2D eigenvalue weighted by atomic mass is 9.88. The number of hydrogen-bond donors (Lipinski definition) is 3. The lowest BCUT2D eigenvalue weighted by Crippen LogP contribution is -2.48. The summed E-state index contributed by atoms with van der Waals surface area (Å²) in [5, 5.41) is 8.57. The number of carbonyl (C=O) groups excluding carboxylic acids is 1. The number of esters is 1. The number of H-pyrrole nitrogens is 1. The van der Waals surface area contributed by atoms with Crippen molar-refractivity contribution in [2.24, 2.45) is 16.0 Å². The largest absolute Gasteiger partial charge is 0.468 e. The predicted octanol–water partition coefficient (Wildman–Crippen LogP) is 3.08. The molecule has 1 aliphatic heterocycles. The Labute approximate surface area is 208 Å². The molecule has 1 unspecified atom stereocenters. The minimum atomic E-state index is -0.494. The fraction of sp³-hybridized carbons (Fsp3) is 0.185. The van der Waals surface area contributed by atoms with E-state index >= 15 is 0 Å². The van der Waals surface area contributed by atoms with E-state index in [4.69, 9.17) is 10.6 Å². The number of amidine groups is 1. The maximum atomic E-state index is 13.2. The van der Waals surface area contributed by atoms with Crippen molar-refractivity contribution in [2.75, 3.05) is 7.11 Å². The first-order valence-electron chi connectivity index (χ1n) is 11.6. The number of aromatic nitrogens is 2. The third-order valence-electron chi connectivity index (χ3n) is 6.60. The molecule has 0 spiro atoms. The van der Waals surface area contributed by atoms with Gasteiger partial charge in [0.2, 0.25) is 0 Å². The van der Waals surface area contributed by atoms with Crippen molar-refractivity contribution in [1.82, 2.24) is 20.3 Å². The highest BCUT2D eigenvalue weighted by Gasteiger charge is 2.41. The summed E-state index contributed by atoms with van der Waals surface area (Å²) in [6, 6.07) is 19.2. The highest BCUT2D eigenvalue weighted by Crippen LogP contribution is 2.41. The summed E-state index contributed by atoms with van der Waals surface area (Å²) in [6.45, 7) is 3.92. The standard InChI is InChI=1S/C27H27N7O2/c1-29-33-26(32-28)18-8-5-7-17(13-18)16-34-23(27(35)36-2)14-21-20-10-3-4-11-22(20)31-24(21)25(34)19-9-6-12-30-15-19/h3-13,15,23,25,31H,1,14,16,28H2,2H3,(H,32,33)/t23-,25?/m1/s1. The molecule has 9 nitrogen and oxygen atoms in total. The number of rotatable bonds is 6. The van der Waals surface area contributed by atoms with Crippen molar-refractivity contribution in [2.45, 2.75) is 25.0 Å². The first kappa shape index (κ1) is 23.3. The molecule has 0 bridgehead atoms. The van der Waals surface area contributed by atoms with Crippen molar-refractivity contribution in [3.63, 3.8) is 0 Å². The number of ether oxygens (including phenoxy) is 1. The second kappa shape index (κ2) is 10.0. The Kier molecular flexibility index (Phi) is 6.46. The number of benzene rings is 2. The molecule has 0 saturated carbocycles. The van der Waals surface area contributed by atoms with Crippen LogP contribution in [0.15, 0.2) is 83.3 Å². The van der Waals surface area contributed by atoms with Gasteiger partial charge in [-0.05, 0) is 34.9 Å². The average Bonchev–Trinajstić information content (AvgIpc) is 3.29. The molecule has 182 valence electrons. The van der Waals surface area contributed by atoms with Crippen molar-refractivity contribution in [1.29, 1.82) is 0 Å². The Morgan fingerprint density at radius 2 is 2.11 bits per heavy atom. The van der Waals surface area contributed by atoms with Crippen molar-refractivity contribution in [3.05, 3.63) is 101 Å². The van der Waals surface area contributed by atoms with Gasteiger partial charge in [-0.1, -0.05) is 42.5 Å². The minimum absolute atomic E-state index is 0.238. The Bertz CT molecular complexity index is 1430. The number of nitrogens with one attached hydrogen (secondary N) is 2. The van der Waals surface area contributed by atoms with E-state index in [1.165, 1.54) is 7.11 Å². The van der Waals surface area contributed by atoms with Crippen LogP contribution >= 0.6 is 0 Å². The number of methoxy groups -OCH3 is 1. The van der Waals surface area contributed by atoms with Gasteiger partial charge in [-0.2, -0.15) is 10.2 Å². The van der Waals surface area contributed by atoms with E-state index in [2.05, 4.69) is 49.3 Å². The molecule has 4 N–H and O–H groups in total. The fourth-order valence-electron chi connectivity index (χ4n) is 5.05. The number of hydrogen-bond acceptors (Lipinski definition) is 7. The molecule has 0 saturated heterocycles. The Morgan fingerprint density at radius 3 is 2.86 bits per heavy atom. The molecule has 1 aliphatic rings. The van der Waals surface area contributed by atoms with Crippen LogP contribution in [-0.4, -0.2) is 46.5 Å². The highest BCUT2D eigenvalue weighted by molar-refractivity contribution is 5.98. The monoisotopic (exact) mass is 481 g/mol. The van der Waals surface area contributed by atoms with Crippen molar-refractivity contribution in [3.8, 4) is 0 Å². The third kappa shape index (κ3) is 4.20. The second-order valence-corrected chi connectivity index (χ2v) is 8.62. The zero-order valence-corrected chi connectivity index (χ0v) is 19.9. The van der Waals surface area contributed by atoms with E-state index in [1.54, 1.807) is 6.20 Å². The molecule has 2 atom stereocenters. The van der Waals surface area contributed by atoms with Crippen LogP contribution in [0.25, 0.3) is 10.9 Å². The maximum Gasteiger partial charge on any atom is 0.323 e. The molecule has 0 aliphatic carbocycles. The summed E-state index contributed by atoms with van der Waals surface area (Å²) < 4.78 is 5.29. The van der Waals surface area contributed by atoms with Gasteiger partial charge in [0, 0.05) is 54.2 Å². The Morgan fingerprint density at radius 1 is 1.25 bits per heavy atom. The molecule has 5 rings (SSSR count). The van der Waals surface area contributed by atoms with Gasteiger partial charge in [-0.15, -0.1) is 0 Å². The Hall–Kier alpha value is -4.50. The molecule has 0 radical (unpaired) electrons. The van der Waals surface area contributed by atoms with Gasteiger partial charge in [-0.25, -0.2) is 0 Å². The van der Waals surface area contributed by atoms with Gasteiger partial charge >= 0.3 is 5.97 Å². The summed E-state index contributed by atoms with van der Waals surface area (Å²) in [7, 11) is 1.43. The molecule has 36 heavy (non-hydrogen) atoms. The molecular weight excluding hydrogens is 454 g/mol. The van der Waals surface area contributed by atoms with Crippen LogP contribution in [0.1, 0.15) is 34.0 Å². The van der Waals surface area contributed by atoms with Crippen LogP contribution < -0.4 is 11.3 Å². The normalized spacial score (nSPS) is 18.0. The van der Waals surface area contributed by atoms with E-state index < -0.39 is 6.04 Å². The number of aromatic amines is 1. The summed E-state index contributed by atoms with van der Waals surface area (Å²) in [5.41, 5.74) is 8.65. The van der Waals surface area contributed by atoms with Crippen LogP contribution in [0.2, 0.25) is 0 Å². The smallest absolute Gasteiger partial charge is 0.323 e. The van der Waals surface area contributed by atoms with Crippen LogP contribution in [0, 0.1) is 0 Å². The van der Waals surface area contributed by atoms with Gasteiger partial charge in [0.25, 0.3) is 0 Å². The summed E-state index contributed by atoms with van der Waals surface area (Å²) >= 11 is 0. The fourth-order valence-corrected chi connectivity index (χ4v) is 5.05. The van der Waals surface area contributed by atoms with E-state index in [0.717, 1.165) is 38.9 Å². The van der Waals surface area contributed by atoms with Crippen LogP contribution in [0.3, 0.4) is 0 Å². The lowest BCUT2D eigenvalue weighted by Gasteiger charge is -2.41. The highest BCUT2D eigenvalue weighted by atomic mass is 16.5. The summed E-state index contributed by atoms with van der Waals surface area (Å²) in [6.07, 6.45) is 4.13. The molecule has 3 heterocycles. The number of hydrazone groups is 2. The minimum Gasteiger partial charge on any atom is -0.468 e. The zero-order valence-electron chi connectivity index (χ0n) is 19.9. The van der Waals surface area contributed by atoms with Crippen molar-refractivity contribution >= 4 is 29.4 Å². The second-order valence-electron chi connectivity index (χ2n) is 8.62. The maximum absolute atomic E-state index is 13.2. The van der Waals surface area contributed by atoms with Crippen LogP contribution in [-0.2, 0) is 22.5 Å². The molecule has 2 aromatic carbocycles. The SMILES string of the molecule is C=NN/C(=N\N)c1cccc(CN2C(c3cccnc3)c3[nH]c4ccccc4c3C[C@@H]2C(=O)OC)c1. The van der Waals surface area contributed by atoms with Crippen LogP contribution in [0.4, 0.5) is 0 Å². The molecule has 2 aromatic heterocycles. The van der Waals surface area contributed by atoms with E-state index in [9.17, 15) is 4.79 Å². The quantitative estimate of drug-likeness (QED) is 0.128. The summed E-state index contributed by atoms with van der Waals surface area (Å²) in [4.78, 5) is 23.3. The number of nitrogens with two attached hydrogens (primary N) is 1. The predicted molar refractivity (Wildman–Crippen MR) is 139 cm³/mol. The van der Waals surface area contributed by atoms with Gasteiger partial charge in [-0.3, -0.25) is 20.1 Å². The number of nitrogens with zero attached hydrogens (tertiary/aromatic N) is 4. The van der Waals surface area contributed by atoms with Gasteiger partial charge < -0.3 is 15.6 Å². The molecular formula is C27H27N7O2. The van der Waals surface area contributed by atoms with Gasteiger partial charge in [0.05, 0.1) is 13.2 Å². The molecule has 0 amide bonds. The third-order valence-corrected chi connectivity index (χ3v) is 6.60. The molecule has 4 aromatic rings. The topological polar surface area (TPSA) is 121 Å². The van der Waals surface area contributed by atoms with E-state index in [-0.39, 0.29) is 12.0 Å². The van der Waals surface area contributed by atoms with Gasteiger partial charge in [0.1, 0.15) is 6.04 Å². The summed E-state index contributed by atoms with van der Waals surface area (Å²) in [5.74, 6) is 5.67. The number of carbonyl (C=O) groups is 1. The average molecular weight is 482 g/mol. The molecule has 0 fully saturated rings. The first-order chi connectivity index (χ1) is 17.6. The van der Waals surface area contributed by atoms with E-state index in [0.29, 0.717) is 18.8 Å². The van der Waals surface area contributed by atoms with E-state index in [1.807, 2.05) is 54.7 Å². The number of pyridine rings is 1. The Balaban J connectivity index is 1.64. The number of fused-ring (bicyclic) bond motifs is 3. The van der Waals surface area contributed by atoms with Gasteiger partial charge in [0.15, 0.2) is 5.84 Å². The first-order valence-corrected chi connectivity index (χ1v) is 11.6. The molecule has 9 heteroatoms. The van der Waals surface area contributed by atoms with Crippen LogP contribution in [0.5, 0.6) is 0 Å². The van der Waals surface area contributed by atoms with Crippen molar-refractivity contribution < 1.29 is 9.53 Å². The number of para-hydroxylation sites is 1. The zero-order chi connectivity index (χ0) is 25.1. The lowest BCUT2D eigenvalue weighted by molar-refractivity contribution is -0.148.